The summed E-state index contributed by atoms with van der Waals surface area (Å²) in [5.74, 6) is 0.621. The number of hydrogen-bond donors (Lipinski definition) is 1. The molecule has 122 valence electrons. The van der Waals surface area contributed by atoms with Gasteiger partial charge in [0.25, 0.3) is 10.0 Å². The van der Waals surface area contributed by atoms with Gasteiger partial charge >= 0.3 is 0 Å². The molecule has 0 saturated heterocycles. The highest BCUT2D eigenvalue weighted by atomic mass is 35.5. The van der Waals surface area contributed by atoms with Gasteiger partial charge in [0.1, 0.15) is 0 Å². The standard InChI is InChI=1S/C15H14ClNO5S/c1-21-14-7-10(9-18)13(8-15(14)22-2)17-23(19,20)12-5-3-11(16)4-6-12/h3-9,17H,1-2H3. The first-order valence-electron chi connectivity index (χ1n) is 6.41. The molecule has 0 bridgehead atoms. The summed E-state index contributed by atoms with van der Waals surface area (Å²) in [5, 5.41) is 0.420. The van der Waals surface area contributed by atoms with Gasteiger partial charge in [-0.3, -0.25) is 9.52 Å². The van der Waals surface area contributed by atoms with Crippen molar-refractivity contribution in [1.82, 2.24) is 0 Å². The quantitative estimate of drug-likeness (QED) is 0.805. The zero-order chi connectivity index (χ0) is 17.0. The zero-order valence-electron chi connectivity index (χ0n) is 12.4. The second kappa shape index (κ2) is 6.89. The summed E-state index contributed by atoms with van der Waals surface area (Å²) in [5.41, 5.74) is 0.216. The van der Waals surface area contributed by atoms with Gasteiger partial charge in [-0.1, -0.05) is 11.6 Å². The number of rotatable bonds is 6. The number of carbonyl (C=O) groups excluding carboxylic acids is 1. The Hall–Kier alpha value is -2.25. The van der Waals surface area contributed by atoms with Crippen molar-refractivity contribution >= 4 is 33.6 Å². The van der Waals surface area contributed by atoms with E-state index in [4.69, 9.17) is 21.1 Å². The number of methoxy groups -OCH3 is 2. The third-order valence-electron chi connectivity index (χ3n) is 3.05. The summed E-state index contributed by atoms with van der Waals surface area (Å²) in [7, 11) is -1.04. The number of nitrogens with one attached hydrogen (secondary N) is 1. The SMILES string of the molecule is COc1cc(C=O)c(NS(=O)(=O)c2ccc(Cl)cc2)cc1OC. The largest absolute Gasteiger partial charge is 0.493 e. The fourth-order valence-corrected chi connectivity index (χ4v) is 3.10. The van der Waals surface area contributed by atoms with Crippen LogP contribution in [0.15, 0.2) is 41.3 Å². The molecule has 6 nitrogen and oxygen atoms in total. The number of sulfonamides is 1. The van der Waals surface area contributed by atoms with Crippen molar-refractivity contribution in [2.24, 2.45) is 0 Å². The normalized spacial score (nSPS) is 10.9. The lowest BCUT2D eigenvalue weighted by atomic mass is 10.2. The monoisotopic (exact) mass is 355 g/mol. The molecular weight excluding hydrogens is 342 g/mol. The van der Waals surface area contributed by atoms with Gasteiger partial charge in [0.15, 0.2) is 17.8 Å². The average molecular weight is 356 g/mol. The molecule has 0 aliphatic heterocycles. The van der Waals surface area contributed by atoms with E-state index in [0.29, 0.717) is 22.8 Å². The smallest absolute Gasteiger partial charge is 0.261 e. The van der Waals surface area contributed by atoms with Gasteiger partial charge in [0, 0.05) is 16.7 Å². The van der Waals surface area contributed by atoms with Crippen molar-refractivity contribution in [2.45, 2.75) is 4.90 Å². The number of benzene rings is 2. The Bertz CT molecular complexity index is 819. The number of hydrogen-bond acceptors (Lipinski definition) is 5. The maximum Gasteiger partial charge on any atom is 0.261 e. The van der Waals surface area contributed by atoms with Gasteiger partial charge < -0.3 is 9.47 Å². The molecule has 2 aromatic rings. The zero-order valence-corrected chi connectivity index (χ0v) is 13.9. The van der Waals surface area contributed by atoms with Crippen LogP contribution in [0.25, 0.3) is 0 Å². The fraction of sp³-hybridized carbons (Fsp3) is 0.133. The first-order chi connectivity index (χ1) is 10.9. The van der Waals surface area contributed by atoms with E-state index in [0.717, 1.165) is 0 Å². The predicted molar refractivity (Wildman–Crippen MR) is 87.2 cm³/mol. The first-order valence-corrected chi connectivity index (χ1v) is 8.27. The van der Waals surface area contributed by atoms with E-state index in [-0.39, 0.29) is 16.1 Å². The van der Waals surface area contributed by atoms with Crippen molar-refractivity contribution in [3.05, 3.63) is 47.0 Å². The Kier molecular flexibility index (Phi) is 5.12. The van der Waals surface area contributed by atoms with Gasteiger partial charge in [0.05, 0.1) is 24.8 Å². The Labute approximate surface area is 139 Å². The summed E-state index contributed by atoms with van der Waals surface area (Å²) in [6.07, 6.45) is 0.529. The Morgan fingerprint density at radius 3 is 2.13 bits per heavy atom. The van der Waals surface area contributed by atoms with Crippen LogP contribution in [0.1, 0.15) is 10.4 Å². The van der Waals surface area contributed by atoms with Gasteiger partial charge in [-0.25, -0.2) is 8.42 Å². The predicted octanol–water partition coefficient (Wildman–Crippen LogP) is 2.97. The highest BCUT2D eigenvalue weighted by Gasteiger charge is 2.18. The molecule has 0 fully saturated rings. The van der Waals surface area contributed by atoms with Gasteiger partial charge in [0.2, 0.25) is 0 Å². The number of anilines is 1. The third kappa shape index (κ3) is 3.75. The Morgan fingerprint density at radius 2 is 1.61 bits per heavy atom. The molecule has 2 rings (SSSR count). The average Bonchev–Trinajstić information content (AvgIpc) is 2.54. The number of ether oxygens (including phenoxy) is 2. The number of halogens is 1. The molecule has 0 spiro atoms. The maximum absolute atomic E-state index is 12.4. The van der Waals surface area contributed by atoms with E-state index < -0.39 is 10.0 Å². The highest BCUT2D eigenvalue weighted by Crippen LogP contribution is 2.33. The highest BCUT2D eigenvalue weighted by molar-refractivity contribution is 7.92. The Balaban J connectivity index is 2.45. The van der Waals surface area contributed by atoms with Crippen LogP contribution in [0.2, 0.25) is 5.02 Å². The molecule has 23 heavy (non-hydrogen) atoms. The van der Waals surface area contributed by atoms with Crippen LogP contribution >= 0.6 is 11.6 Å². The van der Waals surface area contributed by atoms with Crippen LogP contribution < -0.4 is 14.2 Å². The summed E-state index contributed by atoms with van der Waals surface area (Å²) in [6.45, 7) is 0. The second-order valence-electron chi connectivity index (χ2n) is 4.47. The van der Waals surface area contributed by atoms with Crippen LogP contribution in [-0.2, 0) is 10.0 Å². The van der Waals surface area contributed by atoms with Crippen molar-refractivity contribution in [2.75, 3.05) is 18.9 Å². The van der Waals surface area contributed by atoms with E-state index in [9.17, 15) is 13.2 Å². The molecule has 2 aromatic carbocycles. The molecule has 1 N–H and O–H groups in total. The van der Waals surface area contributed by atoms with Crippen LogP contribution in [0.3, 0.4) is 0 Å². The molecule has 0 radical (unpaired) electrons. The van der Waals surface area contributed by atoms with Crippen LogP contribution in [0.4, 0.5) is 5.69 Å². The topological polar surface area (TPSA) is 81.7 Å². The lowest BCUT2D eigenvalue weighted by molar-refractivity contribution is 0.112. The third-order valence-corrected chi connectivity index (χ3v) is 4.68. The summed E-state index contributed by atoms with van der Waals surface area (Å²) in [4.78, 5) is 11.2. The minimum atomic E-state index is -3.87. The van der Waals surface area contributed by atoms with Gasteiger partial charge in [-0.15, -0.1) is 0 Å². The molecule has 0 aromatic heterocycles. The molecule has 0 amide bonds. The number of aldehydes is 1. The van der Waals surface area contributed by atoms with E-state index in [1.165, 1.54) is 50.6 Å². The van der Waals surface area contributed by atoms with E-state index >= 15 is 0 Å². The molecular formula is C15H14ClNO5S. The first kappa shape index (κ1) is 17.1. The molecule has 0 heterocycles. The minimum Gasteiger partial charge on any atom is -0.493 e. The lowest BCUT2D eigenvalue weighted by Crippen LogP contribution is -2.14. The van der Waals surface area contributed by atoms with E-state index in [1.807, 2.05) is 0 Å². The van der Waals surface area contributed by atoms with Crippen LogP contribution in [0, 0.1) is 0 Å². The van der Waals surface area contributed by atoms with Crippen molar-refractivity contribution in [3.8, 4) is 11.5 Å². The molecule has 0 saturated carbocycles. The number of carbonyl (C=O) groups is 1. The maximum atomic E-state index is 12.4. The van der Waals surface area contributed by atoms with Crippen LogP contribution in [-0.4, -0.2) is 28.9 Å². The van der Waals surface area contributed by atoms with Crippen molar-refractivity contribution in [1.29, 1.82) is 0 Å². The Morgan fingerprint density at radius 1 is 1.04 bits per heavy atom. The van der Waals surface area contributed by atoms with Gasteiger partial charge in [-0.05, 0) is 30.3 Å². The molecule has 0 aliphatic carbocycles. The molecule has 0 unspecified atom stereocenters. The minimum absolute atomic E-state index is 0.0218. The second-order valence-corrected chi connectivity index (χ2v) is 6.59. The lowest BCUT2D eigenvalue weighted by Gasteiger charge is -2.14. The fourth-order valence-electron chi connectivity index (χ4n) is 1.90. The van der Waals surface area contributed by atoms with Gasteiger partial charge in [-0.2, -0.15) is 0 Å². The van der Waals surface area contributed by atoms with Crippen molar-refractivity contribution < 1.29 is 22.7 Å². The van der Waals surface area contributed by atoms with Crippen LogP contribution in [0.5, 0.6) is 11.5 Å². The van der Waals surface area contributed by atoms with Crippen molar-refractivity contribution in [3.63, 3.8) is 0 Å². The summed E-state index contributed by atoms with van der Waals surface area (Å²) in [6, 6.07) is 8.44. The molecule has 0 atom stereocenters. The summed E-state index contributed by atoms with van der Waals surface area (Å²) >= 11 is 5.75. The van der Waals surface area contributed by atoms with E-state index in [1.54, 1.807) is 0 Å². The molecule has 0 aliphatic rings. The molecule has 8 heteroatoms. The summed E-state index contributed by atoms with van der Waals surface area (Å²) < 4.78 is 37.4. The van der Waals surface area contributed by atoms with E-state index in [2.05, 4.69) is 4.72 Å².